The summed E-state index contributed by atoms with van der Waals surface area (Å²) < 4.78 is 0. The SMILES string of the molecule is C[C@@]1(N)CCN(Cc2ccc3c(c2)CN(C2CCC(=O)NC2=O)C3=O)C1. The van der Waals surface area contributed by atoms with Gasteiger partial charge in [0.05, 0.1) is 0 Å². The molecule has 0 saturated carbocycles. The lowest BCUT2D eigenvalue weighted by Gasteiger charge is -2.29. The molecule has 2 fully saturated rings. The summed E-state index contributed by atoms with van der Waals surface area (Å²) in [4.78, 5) is 40.1. The van der Waals surface area contributed by atoms with E-state index in [1.165, 1.54) is 0 Å². The summed E-state index contributed by atoms with van der Waals surface area (Å²) in [6.07, 6.45) is 1.65. The fraction of sp³-hybridized carbons (Fsp3) is 0.526. The number of nitrogens with zero attached hydrogens (tertiary/aromatic N) is 2. The molecule has 138 valence electrons. The fourth-order valence-corrected chi connectivity index (χ4v) is 4.20. The van der Waals surface area contributed by atoms with Crippen molar-refractivity contribution in [2.75, 3.05) is 13.1 Å². The molecule has 7 heteroatoms. The average molecular weight is 356 g/mol. The van der Waals surface area contributed by atoms with Gasteiger partial charge in [-0.1, -0.05) is 12.1 Å². The van der Waals surface area contributed by atoms with Crippen LogP contribution in [0.1, 0.15) is 47.7 Å². The van der Waals surface area contributed by atoms with Gasteiger partial charge in [0.25, 0.3) is 5.91 Å². The number of nitrogens with two attached hydrogens (primary N) is 1. The van der Waals surface area contributed by atoms with E-state index in [-0.39, 0.29) is 29.7 Å². The zero-order chi connectivity index (χ0) is 18.5. The van der Waals surface area contributed by atoms with E-state index in [1.54, 1.807) is 4.90 Å². The number of nitrogens with one attached hydrogen (secondary N) is 1. The van der Waals surface area contributed by atoms with Gasteiger partial charge in [-0.05, 0) is 37.0 Å². The Hall–Kier alpha value is -2.25. The standard InChI is InChI=1S/C19H24N4O3/c1-19(20)6-7-22(11-19)9-12-2-3-14-13(8-12)10-23(18(14)26)15-4-5-16(24)21-17(15)25/h2-3,8,15H,4-7,9-11,20H2,1H3,(H,21,24,25)/t15?,19-/m1/s1. The van der Waals surface area contributed by atoms with Crippen molar-refractivity contribution in [1.82, 2.24) is 15.1 Å². The predicted molar refractivity (Wildman–Crippen MR) is 95.0 cm³/mol. The minimum atomic E-state index is -0.562. The van der Waals surface area contributed by atoms with Gasteiger partial charge in [0.1, 0.15) is 6.04 Å². The summed E-state index contributed by atoms with van der Waals surface area (Å²) in [6.45, 7) is 5.15. The molecule has 1 unspecified atom stereocenters. The Morgan fingerprint density at radius 1 is 1.31 bits per heavy atom. The predicted octanol–water partition coefficient (Wildman–Crippen LogP) is 0.371. The molecule has 1 aromatic rings. The van der Waals surface area contributed by atoms with Crippen molar-refractivity contribution in [1.29, 1.82) is 0 Å². The second kappa shape index (κ2) is 6.17. The van der Waals surface area contributed by atoms with Crippen LogP contribution in [0.3, 0.4) is 0 Å². The maximum atomic E-state index is 12.7. The number of likely N-dealkylation sites (tertiary alicyclic amines) is 1. The third kappa shape index (κ3) is 3.12. The normalized spacial score (nSPS) is 29.2. The van der Waals surface area contributed by atoms with Gasteiger partial charge in [0.2, 0.25) is 11.8 Å². The first-order valence-corrected chi connectivity index (χ1v) is 9.10. The molecule has 4 rings (SSSR count). The van der Waals surface area contributed by atoms with Crippen LogP contribution in [0, 0.1) is 0 Å². The number of amides is 3. The number of imide groups is 1. The highest BCUT2D eigenvalue weighted by atomic mass is 16.2. The summed E-state index contributed by atoms with van der Waals surface area (Å²) in [6, 6.07) is 5.34. The Kier molecular flexibility index (Phi) is 4.08. The molecular formula is C19H24N4O3. The molecule has 0 bridgehead atoms. The van der Waals surface area contributed by atoms with Crippen LogP contribution in [0.2, 0.25) is 0 Å². The number of fused-ring (bicyclic) bond motifs is 1. The first-order valence-electron chi connectivity index (χ1n) is 9.10. The van der Waals surface area contributed by atoms with Crippen molar-refractivity contribution in [2.45, 2.75) is 50.9 Å². The molecule has 3 amide bonds. The molecule has 0 spiro atoms. The highest BCUT2D eigenvalue weighted by Gasteiger charge is 2.39. The molecule has 3 N–H and O–H groups in total. The number of carbonyl (C=O) groups excluding carboxylic acids is 3. The monoisotopic (exact) mass is 356 g/mol. The van der Waals surface area contributed by atoms with E-state index in [1.807, 2.05) is 12.1 Å². The second-order valence-electron chi connectivity index (χ2n) is 8.01. The summed E-state index contributed by atoms with van der Waals surface area (Å²) in [5.74, 6) is -0.770. The van der Waals surface area contributed by atoms with Crippen molar-refractivity contribution in [3.63, 3.8) is 0 Å². The number of hydrogen-bond acceptors (Lipinski definition) is 5. The summed E-state index contributed by atoms with van der Waals surface area (Å²) in [5.41, 5.74) is 8.83. The van der Waals surface area contributed by atoms with Gasteiger partial charge in [-0.2, -0.15) is 0 Å². The van der Waals surface area contributed by atoms with Crippen LogP contribution in [0.25, 0.3) is 0 Å². The van der Waals surface area contributed by atoms with Gasteiger partial charge < -0.3 is 10.6 Å². The van der Waals surface area contributed by atoms with E-state index < -0.39 is 6.04 Å². The zero-order valence-electron chi connectivity index (χ0n) is 15.0. The summed E-state index contributed by atoms with van der Waals surface area (Å²) >= 11 is 0. The van der Waals surface area contributed by atoms with Gasteiger partial charge in [0.15, 0.2) is 0 Å². The highest BCUT2D eigenvalue weighted by Crippen LogP contribution is 2.29. The van der Waals surface area contributed by atoms with Gasteiger partial charge in [-0.3, -0.25) is 24.6 Å². The lowest BCUT2D eigenvalue weighted by atomic mass is 10.0. The van der Waals surface area contributed by atoms with E-state index in [0.717, 1.165) is 37.2 Å². The largest absolute Gasteiger partial charge is 0.324 e. The van der Waals surface area contributed by atoms with Crippen LogP contribution in [-0.4, -0.2) is 52.2 Å². The number of carbonyl (C=O) groups is 3. The number of rotatable bonds is 3. The Morgan fingerprint density at radius 3 is 2.81 bits per heavy atom. The number of piperidine rings is 1. The second-order valence-corrected chi connectivity index (χ2v) is 8.01. The molecule has 0 aromatic heterocycles. The van der Waals surface area contributed by atoms with Crippen LogP contribution < -0.4 is 11.1 Å². The maximum Gasteiger partial charge on any atom is 0.255 e. The van der Waals surface area contributed by atoms with E-state index in [4.69, 9.17) is 5.73 Å². The molecule has 0 radical (unpaired) electrons. The first-order chi connectivity index (χ1) is 12.3. The average Bonchev–Trinajstić information content (AvgIpc) is 3.07. The van der Waals surface area contributed by atoms with Crippen molar-refractivity contribution in [3.8, 4) is 0 Å². The minimum absolute atomic E-state index is 0.128. The van der Waals surface area contributed by atoms with Crippen LogP contribution in [0.4, 0.5) is 0 Å². The highest BCUT2D eigenvalue weighted by molar-refractivity contribution is 6.05. The molecule has 3 aliphatic heterocycles. The van der Waals surface area contributed by atoms with Crippen LogP contribution in [0.5, 0.6) is 0 Å². The molecular weight excluding hydrogens is 332 g/mol. The van der Waals surface area contributed by atoms with E-state index in [9.17, 15) is 14.4 Å². The van der Waals surface area contributed by atoms with Gasteiger partial charge in [-0.15, -0.1) is 0 Å². The third-order valence-electron chi connectivity index (χ3n) is 5.58. The molecule has 7 nitrogen and oxygen atoms in total. The first kappa shape index (κ1) is 17.2. The molecule has 3 aliphatic rings. The lowest BCUT2D eigenvalue weighted by molar-refractivity contribution is -0.136. The Balaban J connectivity index is 1.48. The molecule has 0 aliphatic carbocycles. The summed E-state index contributed by atoms with van der Waals surface area (Å²) in [5, 5.41) is 2.33. The molecule has 2 saturated heterocycles. The molecule has 26 heavy (non-hydrogen) atoms. The van der Waals surface area contributed by atoms with Gasteiger partial charge >= 0.3 is 0 Å². The quantitative estimate of drug-likeness (QED) is 0.763. The fourth-order valence-electron chi connectivity index (χ4n) is 4.20. The van der Waals surface area contributed by atoms with E-state index in [0.29, 0.717) is 18.5 Å². The number of hydrogen-bond donors (Lipinski definition) is 2. The smallest absolute Gasteiger partial charge is 0.255 e. The minimum Gasteiger partial charge on any atom is -0.324 e. The third-order valence-corrected chi connectivity index (χ3v) is 5.58. The van der Waals surface area contributed by atoms with Crippen LogP contribution in [-0.2, 0) is 22.7 Å². The summed E-state index contributed by atoms with van der Waals surface area (Å²) in [7, 11) is 0. The number of benzene rings is 1. The van der Waals surface area contributed by atoms with E-state index >= 15 is 0 Å². The molecule has 3 heterocycles. The van der Waals surface area contributed by atoms with E-state index in [2.05, 4.69) is 23.2 Å². The molecule has 2 atom stereocenters. The Bertz CT molecular complexity index is 789. The van der Waals surface area contributed by atoms with Gasteiger partial charge in [0, 0.05) is 43.7 Å². The lowest BCUT2D eigenvalue weighted by Crippen LogP contribution is -2.52. The van der Waals surface area contributed by atoms with Crippen molar-refractivity contribution >= 4 is 17.7 Å². The molecule has 1 aromatic carbocycles. The topological polar surface area (TPSA) is 95.7 Å². The van der Waals surface area contributed by atoms with Gasteiger partial charge in [-0.25, -0.2) is 0 Å². The van der Waals surface area contributed by atoms with Crippen molar-refractivity contribution in [2.24, 2.45) is 5.73 Å². The Morgan fingerprint density at radius 2 is 2.12 bits per heavy atom. The van der Waals surface area contributed by atoms with Crippen molar-refractivity contribution in [3.05, 3.63) is 34.9 Å². The van der Waals surface area contributed by atoms with Crippen molar-refractivity contribution < 1.29 is 14.4 Å². The van der Waals surface area contributed by atoms with Crippen LogP contribution >= 0.6 is 0 Å². The van der Waals surface area contributed by atoms with Crippen LogP contribution in [0.15, 0.2) is 18.2 Å². The zero-order valence-corrected chi connectivity index (χ0v) is 15.0. The maximum absolute atomic E-state index is 12.7. The Labute approximate surface area is 152 Å².